The van der Waals surface area contributed by atoms with Gasteiger partial charge in [-0.05, 0) is 19.8 Å². The molecule has 0 aromatic carbocycles. The van der Waals surface area contributed by atoms with Gasteiger partial charge in [-0.2, -0.15) is 0 Å². The van der Waals surface area contributed by atoms with Crippen LogP contribution in [0.15, 0.2) is 9.52 Å². The Kier molecular flexibility index (Phi) is 7.35. The van der Waals surface area contributed by atoms with Crippen molar-refractivity contribution in [2.75, 3.05) is 13.2 Å². The Balaban J connectivity index is 0.00000243. The number of hydrogen-bond acceptors (Lipinski definition) is 4. The highest BCUT2D eigenvalue weighted by Gasteiger charge is 2.59. The Bertz CT molecular complexity index is 608. The van der Waals surface area contributed by atoms with Gasteiger partial charge in [0.05, 0.1) is 18.3 Å². The standard InChI is InChI=1S/C19H32N4O2.HI/c1-6-14-13(15(7-2)25-23-14)11-21-18(20-8-3)22-16-12-9-10-24-17(12)19(16,4)5;/h12,16-17H,6-11H2,1-5H3,(H2,20,21,22);1H. The summed E-state index contributed by atoms with van der Waals surface area (Å²) in [6.07, 6.45) is 3.23. The molecule has 2 N–H and O–H groups in total. The molecule has 2 heterocycles. The van der Waals surface area contributed by atoms with E-state index in [9.17, 15) is 0 Å². The van der Waals surface area contributed by atoms with Gasteiger partial charge in [-0.3, -0.25) is 0 Å². The van der Waals surface area contributed by atoms with E-state index in [-0.39, 0.29) is 29.4 Å². The lowest BCUT2D eigenvalue weighted by molar-refractivity contribution is -0.106. The molecule has 0 radical (unpaired) electrons. The second-order valence-electron chi connectivity index (χ2n) is 7.62. The van der Waals surface area contributed by atoms with E-state index in [2.05, 4.69) is 50.4 Å². The number of halogens is 1. The second-order valence-corrected chi connectivity index (χ2v) is 7.62. The zero-order chi connectivity index (χ0) is 18.0. The minimum atomic E-state index is 0. The van der Waals surface area contributed by atoms with E-state index >= 15 is 0 Å². The first-order valence-electron chi connectivity index (χ1n) is 9.65. The van der Waals surface area contributed by atoms with Crippen molar-refractivity contribution in [2.24, 2.45) is 16.3 Å². The largest absolute Gasteiger partial charge is 0.377 e. The molecule has 3 rings (SSSR count). The van der Waals surface area contributed by atoms with Gasteiger partial charge in [0.15, 0.2) is 5.96 Å². The maximum Gasteiger partial charge on any atom is 0.191 e. The first kappa shape index (κ1) is 21.5. The second kappa shape index (κ2) is 8.91. The van der Waals surface area contributed by atoms with Crippen molar-refractivity contribution in [2.45, 2.75) is 72.6 Å². The van der Waals surface area contributed by atoms with Gasteiger partial charge in [-0.15, -0.1) is 24.0 Å². The highest BCUT2D eigenvalue weighted by Crippen LogP contribution is 2.52. The molecule has 2 aliphatic rings. The third-order valence-electron chi connectivity index (χ3n) is 5.74. The van der Waals surface area contributed by atoms with Gasteiger partial charge in [0, 0.05) is 42.5 Å². The van der Waals surface area contributed by atoms with Gasteiger partial charge in [-0.25, -0.2) is 4.99 Å². The van der Waals surface area contributed by atoms with E-state index in [0.717, 1.165) is 55.4 Å². The van der Waals surface area contributed by atoms with Crippen LogP contribution in [0.5, 0.6) is 0 Å². The molecule has 1 aliphatic carbocycles. The molecule has 6 nitrogen and oxygen atoms in total. The predicted octanol–water partition coefficient (Wildman–Crippen LogP) is 3.29. The average molecular weight is 476 g/mol. The quantitative estimate of drug-likeness (QED) is 0.375. The number of hydrogen-bond donors (Lipinski definition) is 2. The van der Waals surface area contributed by atoms with Crippen LogP contribution in [0.1, 0.15) is 58.1 Å². The van der Waals surface area contributed by atoms with Gasteiger partial charge in [0.1, 0.15) is 5.76 Å². The van der Waals surface area contributed by atoms with E-state index in [1.54, 1.807) is 0 Å². The van der Waals surface area contributed by atoms with Gasteiger partial charge >= 0.3 is 0 Å². The van der Waals surface area contributed by atoms with Crippen LogP contribution in [-0.2, 0) is 24.1 Å². The van der Waals surface area contributed by atoms with Gasteiger partial charge in [0.2, 0.25) is 0 Å². The molecule has 7 heteroatoms. The Morgan fingerprint density at radius 3 is 2.69 bits per heavy atom. The minimum Gasteiger partial charge on any atom is -0.377 e. The minimum absolute atomic E-state index is 0. The van der Waals surface area contributed by atoms with Gasteiger partial charge in [-0.1, -0.05) is 32.9 Å². The summed E-state index contributed by atoms with van der Waals surface area (Å²) in [6, 6.07) is 0.400. The number of rotatable bonds is 6. The number of fused-ring (bicyclic) bond motifs is 1. The third-order valence-corrected chi connectivity index (χ3v) is 5.74. The summed E-state index contributed by atoms with van der Waals surface area (Å²) in [6.45, 7) is 13.2. The number of aryl methyl sites for hydroxylation is 2. The molecule has 1 saturated carbocycles. The van der Waals surface area contributed by atoms with Crippen LogP contribution in [0.4, 0.5) is 0 Å². The molecule has 1 aromatic heterocycles. The Labute approximate surface area is 173 Å². The van der Waals surface area contributed by atoms with E-state index in [1.165, 1.54) is 0 Å². The van der Waals surface area contributed by atoms with Crippen molar-refractivity contribution >= 4 is 29.9 Å². The molecule has 1 saturated heterocycles. The molecule has 26 heavy (non-hydrogen) atoms. The van der Waals surface area contributed by atoms with Crippen LogP contribution < -0.4 is 10.6 Å². The SMILES string of the molecule is CCNC(=NCc1c(CC)noc1CC)NC1C2CCOC2C1(C)C.I. The fourth-order valence-electron chi connectivity index (χ4n) is 4.36. The van der Waals surface area contributed by atoms with E-state index in [4.69, 9.17) is 14.3 Å². The Morgan fingerprint density at radius 1 is 1.27 bits per heavy atom. The van der Waals surface area contributed by atoms with Crippen LogP contribution in [0.2, 0.25) is 0 Å². The van der Waals surface area contributed by atoms with Crippen molar-refractivity contribution in [3.8, 4) is 0 Å². The zero-order valence-corrected chi connectivity index (χ0v) is 18.9. The van der Waals surface area contributed by atoms with E-state index in [0.29, 0.717) is 24.6 Å². The highest BCUT2D eigenvalue weighted by molar-refractivity contribution is 14.0. The molecule has 0 bridgehead atoms. The molecule has 1 aromatic rings. The van der Waals surface area contributed by atoms with Crippen molar-refractivity contribution in [1.82, 2.24) is 15.8 Å². The van der Waals surface area contributed by atoms with Crippen molar-refractivity contribution < 1.29 is 9.26 Å². The van der Waals surface area contributed by atoms with Crippen LogP contribution in [0, 0.1) is 11.3 Å². The number of nitrogens with one attached hydrogen (secondary N) is 2. The highest BCUT2D eigenvalue weighted by atomic mass is 127. The predicted molar refractivity (Wildman–Crippen MR) is 114 cm³/mol. The third kappa shape index (κ3) is 3.88. The lowest BCUT2D eigenvalue weighted by Gasteiger charge is -2.54. The molecular weight excluding hydrogens is 443 g/mol. The van der Waals surface area contributed by atoms with Crippen molar-refractivity contribution in [3.05, 3.63) is 17.0 Å². The lowest BCUT2D eigenvalue weighted by Crippen LogP contribution is -2.67. The summed E-state index contributed by atoms with van der Waals surface area (Å²) in [5.74, 6) is 2.41. The monoisotopic (exact) mass is 476 g/mol. The zero-order valence-electron chi connectivity index (χ0n) is 16.6. The Hall–Kier alpha value is -0.830. The number of aromatic nitrogens is 1. The normalized spacial score (nSPS) is 26.7. The van der Waals surface area contributed by atoms with Gasteiger partial charge in [0.25, 0.3) is 0 Å². The smallest absolute Gasteiger partial charge is 0.191 e. The van der Waals surface area contributed by atoms with Crippen LogP contribution in [0.3, 0.4) is 0 Å². The lowest BCUT2D eigenvalue weighted by atomic mass is 9.57. The summed E-state index contributed by atoms with van der Waals surface area (Å²) in [5.41, 5.74) is 2.29. The number of nitrogens with zero attached hydrogens (tertiary/aromatic N) is 2. The molecule has 3 unspecified atom stereocenters. The van der Waals surface area contributed by atoms with E-state index in [1.807, 2.05) is 0 Å². The summed E-state index contributed by atoms with van der Waals surface area (Å²) in [5, 5.41) is 11.2. The molecule has 0 amide bonds. The summed E-state index contributed by atoms with van der Waals surface area (Å²) >= 11 is 0. The van der Waals surface area contributed by atoms with Crippen LogP contribution in [0.25, 0.3) is 0 Å². The maximum absolute atomic E-state index is 5.90. The average Bonchev–Trinajstić information content (AvgIpc) is 3.22. The fraction of sp³-hybridized carbons (Fsp3) is 0.789. The molecular formula is C19H33IN4O2. The number of aliphatic imine (C=N–C) groups is 1. The van der Waals surface area contributed by atoms with Crippen molar-refractivity contribution in [1.29, 1.82) is 0 Å². The number of ether oxygens (including phenoxy) is 1. The molecule has 3 atom stereocenters. The summed E-state index contributed by atoms with van der Waals surface area (Å²) in [7, 11) is 0. The van der Waals surface area contributed by atoms with Crippen molar-refractivity contribution in [3.63, 3.8) is 0 Å². The number of guanidine groups is 1. The molecule has 0 spiro atoms. The topological polar surface area (TPSA) is 71.7 Å². The molecule has 1 aliphatic heterocycles. The van der Waals surface area contributed by atoms with Gasteiger partial charge < -0.3 is 19.9 Å². The van der Waals surface area contributed by atoms with Crippen LogP contribution >= 0.6 is 24.0 Å². The molecule has 2 fully saturated rings. The first-order chi connectivity index (χ1) is 12.0. The van der Waals surface area contributed by atoms with E-state index < -0.39 is 0 Å². The van der Waals surface area contributed by atoms with Crippen LogP contribution in [-0.4, -0.2) is 36.4 Å². The molecule has 148 valence electrons. The Morgan fingerprint density at radius 2 is 2.04 bits per heavy atom. The fourth-order valence-corrected chi connectivity index (χ4v) is 4.36. The summed E-state index contributed by atoms with van der Waals surface area (Å²) in [4.78, 5) is 4.83. The first-order valence-corrected chi connectivity index (χ1v) is 9.65. The summed E-state index contributed by atoms with van der Waals surface area (Å²) < 4.78 is 11.4. The maximum atomic E-state index is 5.90.